The lowest BCUT2D eigenvalue weighted by molar-refractivity contribution is 0.294. The number of aryl methyl sites for hydroxylation is 1. The van der Waals surface area contributed by atoms with E-state index in [2.05, 4.69) is 47.2 Å². The van der Waals surface area contributed by atoms with Gasteiger partial charge in [0.1, 0.15) is 0 Å². The standard InChI is InChI=1S/C18H21BrClNO2/c1-4-7-23-18-15(20)9-13(10-17(18)22-3)11-21-16-6-5-14(19)8-12(16)2/h5-6,8-10,21H,4,7,11H2,1-3H3. The van der Waals surface area contributed by atoms with Gasteiger partial charge in [-0.15, -0.1) is 0 Å². The summed E-state index contributed by atoms with van der Waals surface area (Å²) < 4.78 is 12.2. The molecule has 0 bridgehead atoms. The van der Waals surface area contributed by atoms with Crippen LogP contribution < -0.4 is 14.8 Å². The van der Waals surface area contributed by atoms with Crippen LogP contribution in [0.5, 0.6) is 11.5 Å². The van der Waals surface area contributed by atoms with Crippen molar-refractivity contribution in [2.75, 3.05) is 19.0 Å². The van der Waals surface area contributed by atoms with Crippen molar-refractivity contribution in [1.82, 2.24) is 0 Å². The molecule has 0 aliphatic carbocycles. The molecular weight excluding hydrogens is 378 g/mol. The SMILES string of the molecule is CCCOc1c(Cl)cc(CNc2ccc(Br)cc2C)cc1OC. The highest BCUT2D eigenvalue weighted by Crippen LogP contribution is 2.36. The summed E-state index contributed by atoms with van der Waals surface area (Å²) in [4.78, 5) is 0. The first-order valence-corrected chi connectivity index (χ1v) is 8.71. The number of benzene rings is 2. The summed E-state index contributed by atoms with van der Waals surface area (Å²) in [7, 11) is 1.63. The molecule has 124 valence electrons. The smallest absolute Gasteiger partial charge is 0.179 e. The Morgan fingerprint density at radius 1 is 1.22 bits per heavy atom. The molecule has 2 rings (SSSR count). The van der Waals surface area contributed by atoms with Gasteiger partial charge in [-0.2, -0.15) is 0 Å². The summed E-state index contributed by atoms with van der Waals surface area (Å²) in [5.41, 5.74) is 3.31. The molecule has 3 nitrogen and oxygen atoms in total. The molecule has 23 heavy (non-hydrogen) atoms. The van der Waals surface area contributed by atoms with Gasteiger partial charge in [-0.05, 0) is 54.8 Å². The van der Waals surface area contributed by atoms with Gasteiger partial charge >= 0.3 is 0 Å². The number of nitrogens with one attached hydrogen (secondary N) is 1. The molecule has 0 aliphatic heterocycles. The van der Waals surface area contributed by atoms with Crippen LogP contribution in [0.15, 0.2) is 34.8 Å². The topological polar surface area (TPSA) is 30.5 Å². The molecule has 0 atom stereocenters. The zero-order chi connectivity index (χ0) is 16.8. The van der Waals surface area contributed by atoms with Gasteiger partial charge in [0.05, 0.1) is 18.7 Å². The molecule has 0 spiro atoms. The number of anilines is 1. The molecule has 0 saturated carbocycles. The van der Waals surface area contributed by atoms with E-state index in [0.717, 1.165) is 22.1 Å². The van der Waals surface area contributed by atoms with Gasteiger partial charge in [0, 0.05) is 16.7 Å². The maximum absolute atomic E-state index is 6.34. The number of methoxy groups -OCH3 is 1. The van der Waals surface area contributed by atoms with Gasteiger partial charge in [-0.1, -0.05) is 34.5 Å². The lowest BCUT2D eigenvalue weighted by Gasteiger charge is -2.15. The monoisotopic (exact) mass is 397 g/mol. The first kappa shape index (κ1) is 18.0. The second kappa shape index (κ2) is 8.46. The van der Waals surface area contributed by atoms with Crippen LogP contribution >= 0.6 is 27.5 Å². The Labute approximate surface area is 151 Å². The molecule has 0 fully saturated rings. The van der Waals surface area contributed by atoms with Crippen LogP contribution in [0.2, 0.25) is 5.02 Å². The minimum absolute atomic E-state index is 0.571. The third-order valence-corrected chi connectivity index (χ3v) is 4.19. The number of hydrogen-bond acceptors (Lipinski definition) is 3. The van der Waals surface area contributed by atoms with E-state index in [1.807, 2.05) is 18.2 Å². The Morgan fingerprint density at radius 3 is 2.65 bits per heavy atom. The largest absolute Gasteiger partial charge is 0.493 e. The quantitative estimate of drug-likeness (QED) is 0.637. The van der Waals surface area contributed by atoms with Crippen molar-refractivity contribution in [3.8, 4) is 11.5 Å². The molecule has 0 amide bonds. The van der Waals surface area contributed by atoms with E-state index < -0.39 is 0 Å². The van der Waals surface area contributed by atoms with Crippen LogP contribution in [0.25, 0.3) is 0 Å². The average Bonchev–Trinajstić information content (AvgIpc) is 2.52. The van der Waals surface area contributed by atoms with E-state index in [4.69, 9.17) is 21.1 Å². The van der Waals surface area contributed by atoms with Gasteiger partial charge in [-0.25, -0.2) is 0 Å². The van der Waals surface area contributed by atoms with Crippen molar-refractivity contribution < 1.29 is 9.47 Å². The fraction of sp³-hybridized carbons (Fsp3) is 0.333. The minimum Gasteiger partial charge on any atom is -0.493 e. The van der Waals surface area contributed by atoms with Crippen LogP contribution in [0.1, 0.15) is 24.5 Å². The lowest BCUT2D eigenvalue weighted by atomic mass is 10.1. The van der Waals surface area contributed by atoms with Gasteiger partial charge in [0.15, 0.2) is 11.5 Å². The first-order valence-electron chi connectivity index (χ1n) is 7.54. The second-order valence-corrected chi connectivity index (χ2v) is 6.59. The van der Waals surface area contributed by atoms with E-state index in [-0.39, 0.29) is 0 Å². The zero-order valence-corrected chi connectivity index (χ0v) is 15.9. The van der Waals surface area contributed by atoms with E-state index in [1.54, 1.807) is 7.11 Å². The number of halogens is 2. The molecular formula is C18H21BrClNO2. The normalized spacial score (nSPS) is 10.5. The molecule has 0 heterocycles. The van der Waals surface area contributed by atoms with Crippen molar-refractivity contribution >= 4 is 33.2 Å². The van der Waals surface area contributed by atoms with E-state index in [9.17, 15) is 0 Å². The van der Waals surface area contributed by atoms with Crippen molar-refractivity contribution in [1.29, 1.82) is 0 Å². The fourth-order valence-corrected chi connectivity index (χ4v) is 3.01. The molecule has 0 unspecified atom stereocenters. The van der Waals surface area contributed by atoms with Crippen molar-refractivity contribution in [2.24, 2.45) is 0 Å². The predicted octanol–water partition coefficient (Wildman–Crippen LogP) is 5.82. The number of ether oxygens (including phenoxy) is 2. The molecule has 0 radical (unpaired) electrons. The molecule has 0 aliphatic rings. The summed E-state index contributed by atoms with van der Waals surface area (Å²) in [5, 5.41) is 3.99. The van der Waals surface area contributed by atoms with E-state index in [1.165, 1.54) is 5.56 Å². The van der Waals surface area contributed by atoms with Crippen molar-refractivity contribution in [2.45, 2.75) is 26.8 Å². The maximum Gasteiger partial charge on any atom is 0.179 e. The second-order valence-electron chi connectivity index (χ2n) is 5.27. The van der Waals surface area contributed by atoms with Crippen LogP contribution in [-0.4, -0.2) is 13.7 Å². The Bertz CT molecular complexity index is 676. The van der Waals surface area contributed by atoms with Gasteiger partial charge in [-0.3, -0.25) is 0 Å². The first-order chi connectivity index (χ1) is 11.0. The van der Waals surface area contributed by atoms with Crippen LogP contribution in [-0.2, 0) is 6.54 Å². The molecule has 2 aromatic rings. The third kappa shape index (κ3) is 4.79. The molecule has 0 aromatic heterocycles. The highest BCUT2D eigenvalue weighted by Gasteiger charge is 2.12. The number of rotatable bonds is 7. The van der Waals surface area contributed by atoms with Crippen molar-refractivity contribution in [3.63, 3.8) is 0 Å². The van der Waals surface area contributed by atoms with Crippen LogP contribution in [0.3, 0.4) is 0 Å². The maximum atomic E-state index is 6.34. The van der Waals surface area contributed by atoms with Gasteiger partial charge in [0.2, 0.25) is 0 Å². The average molecular weight is 399 g/mol. The van der Waals surface area contributed by atoms with Crippen LogP contribution in [0, 0.1) is 6.92 Å². The molecule has 0 saturated heterocycles. The van der Waals surface area contributed by atoms with E-state index >= 15 is 0 Å². The summed E-state index contributed by atoms with van der Waals surface area (Å²) in [6.45, 7) is 5.40. The number of hydrogen-bond donors (Lipinski definition) is 1. The Morgan fingerprint density at radius 2 is 2.00 bits per heavy atom. The molecule has 1 N–H and O–H groups in total. The third-order valence-electron chi connectivity index (χ3n) is 3.41. The molecule has 2 aromatic carbocycles. The molecule has 5 heteroatoms. The Hall–Kier alpha value is -1.39. The van der Waals surface area contributed by atoms with Crippen molar-refractivity contribution in [3.05, 3.63) is 51.0 Å². The summed E-state index contributed by atoms with van der Waals surface area (Å²) >= 11 is 9.82. The highest BCUT2D eigenvalue weighted by molar-refractivity contribution is 9.10. The van der Waals surface area contributed by atoms with Crippen LogP contribution in [0.4, 0.5) is 5.69 Å². The van der Waals surface area contributed by atoms with Gasteiger partial charge < -0.3 is 14.8 Å². The fourth-order valence-electron chi connectivity index (χ4n) is 2.24. The zero-order valence-electron chi connectivity index (χ0n) is 13.6. The Balaban J connectivity index is 2.15. The summed E-state index contributed by atoms with van der Waals surface area (Å²) in [6, 6.07) is 10.0. The minimum atomic E-state index is 0.571. The highest BCUT2D eigenvalue weighted by atomic mass is 79.9. The summed E-state index contributed by atoms with van der Waals surface area (Å²) in [5.74, 6) is 1.27. The van der Waals surface area contributed by atoms with Gasteiger partial charge in [0.25, 0.3) is 0 Å². The lowest BCUT2D eigenvalue weighted by Crippen LogP contribution is -2.03. The Kier molecular flexibility index (Phi) is 6.60. The summed E-state index contributed by atoms with van der Waals surface area (Å²) in [6.07, 6.45) is 0.922. The van der Waals surface area contributed by atoms with E-state index in [0.29, 0.717) is 29.7 Å². The predicted molar refractivity (Wildman–Crippen MR) is 100.0 cm³/mol.